The third-order valence-electron chi connectivity index (χ3n) is 15.6. The van der Waals surface area contributed by atoms with Gasteiger partial charge in [-0.05, 0) is 167 Å². The van der Waals surface area contributed by atoms with Crippen molar-refractivity contribution in [1.29, 1.82) is 0 Å². The molecule has 0 aliphatic carbocycles. The molecule has 0 heterocycles. The van der Waals surface area contributed by atoms with Crippen LogP contribution in [0.4, 0.5) is 0 Å². The van der Waals surface area contributed by atoms with Crippen molar-refractivity contribution in [3.8, 4) is 0 Å². The smallest absolute Gasteiger partial charge is 0.462 e. The molecule has 0 aliphatic heterocycles. The van der Waals surface area contributed by atoms with Crippen molar-refractivity contribution in [2.75, 3.05) is 39.6 Å². The highest BCUT2D eigenvalue weighted by atomic mass is 31.2. The average Bonchev–Trinajstić information content (AvgIpc) is 0.899. The summed E-state index contributed by atoms with van der Waals surface area (Å²) < 4.78 is 68.4. The Kier molecular flexibility index (Phi) is 72.6. The molecule has 19 heteroatoms. The van der Waals surface area contributed by atoms with E-state index in [9.17, 15) is 43.2 Å². The monoisotopic (exact) mass is 1520 g/mol. The molecular weight excluding hydrogens is 1380 g/mol. The largest absolute Gasteiger partial charge is 0.472 e. The van der Waals surface area contributed by atoms with E-state index in [1.807, 2.05) is 24.3 Å². The Balaban J connectivity index is 5.52. The van der Waals surface area contributed by atoms with Gasteiger partial charge in [-0.2, -0.15) is 0 Å². The molecule has 0 aromatic rings. The molecule has 5 unspecified atom stereocenters. The van der Waals surface area contributed by atoms with E-state index in [0.29, 0.717) is 32.1 Å². The molecule has 106 heavy (non-hydrogen) atoms. The molecule has 0 saturated heterocycles. The number of esters is 4. The summed E-state index contributed by atoms with van der Waals surface area (Å²) in [5.41, 5.74) is 0. The lowest BCUT2D eigenvalue weighted by atomic mass is 10.1. The van der Waals surface area contributed by atoms with Crippen LogP contribution in [0, 0.1) is 0 Å². The molecule has 3 N–H and O–H groups in total. The van der Waals surface area contributed by atoms with E-state index >= 15 is 0 Å². The van der Waals surface area contributed by atoms with Gasteiger partial charge in [0.2, 0.25) is 0 Å². The van der Waals surface area contributed by atoms with E-state index in [0.717, 1.165) is 167 Å². The minimum Gasteiger partial charge on any atom is -0.462 e. The fraction of sp³-hybridized carbons (Fsp3) is 0.586. The lowest BCUT2D eigenvalue weighted by Gasteiger charge is -2.21. The number of aliphatic hydroxyl groups is 1. The normalized spacial score (nSPS) is 14.9. The zero-order valence-corrected chi connectivity index (χ0v) is 67.1. The number of phosphoric ester groups is 2. The molecule has 0 spiro atoms. The van der Waals surface area contributed by atoms with Gasteiger partial charge in [-0.25, -0.2) is 9.13 Å². The Hall–Kier alpha value is -6.10. The van der Waals surface area contributed by atoms with Crippen LogP contribution in [0.3, 0.4) is 0 Å². The number of rotatable bonds is 72. The number of carbonyl (C=O) groups excluding carboxylic acids is 4. The van der Waals surface area contributed by atoms with Crippen molar-refractivity contribution >= 4 is 39.5 Å². The highest BCUT2D eigenvalue weighted by Crippen LogP contribution is 2.45. The van der Waals surface area contributed by atoms with Crippen LogP contribution >= 0.6 is 15.6 Å². The van der Waals surface area contributed by atoms with E-state index in [1.165, 1.54) is 19.3 Å². The molecule has 5 atom stereocenters. The second kappa shape index (κ2) is 77.1. The second-order valence-electron chi connectivity index (χ2n) is 25.5. The van der Waals surface area contributed by atoms with Crippen LogP contribution in [0.1, 0.15) is 272 Å². The Morgan fingerprint density at radius 1 is 0.283 bits per heavy atom. The SMILES string of the molecule is CC/C=C\C/C=C\C/C=C\C/C=C\C/C=C\CC(=O)OCC(COP(=O)(O)OCC(O)COP(=O)(O)OCC(COC(=O)CCCCCCCC/C=C\C/C=C\C/C=C\CCCCC)OC(=O)CCCCCC/C=C\C/C=C\C/C=C\C/C=C\CC)OC(=O)CCCC/C=C\C/C=C\C/C=C\C/C=C\CC. The molecule has 0 fully saturated rings. The first-order valence-electron chi connectivity index (χ1n) is 39.7. The van der Waals surface area contributed by atoms with Gasteiger partial charge in [0.25, 0.3) is 0 Å². The first-order valence-corrected chi connectivity index (χ1v) is 42.7. The number of ether oxygens (including phenoxy) is 4. The molecule has 17 nitrogen and oxygen atoms in total. The molecule has 0 aromatic heterocycles. The van der Waals surface area contributed by atoms with Crippen molar-refractivity contribution in [2.45, 2.75) is 290 Å². The third kappa shape index (κ3) is 76.1. The molecule has 0 rings (SSSR count). The lowest BCUT2D eigenvalue weighted by Crippen LogP contribution is -2.30. The summed E-state index contributed by atoms with van der Waals surface area (Å²) in [6, 6.07) is 0. The molecule has 0 saturated carbocycles. The van der Waals surface area contributed by atoms with Crippen LogP contribution in [0.25, 0.3) is 0 Å². The van der Waals surface area contributed by atoms with Gasteiger partial charge in [0.05, 0.1) is 32.8 Å². The van der Waals surface area contributed by atoms with E-state index in [2.05, 4.69) is 192 Å². The predicted octanol–water partition coefficient (Wildman–Crippen LogP) is 23.3. The van der Waals surface area contributed by atoms with E-state index in [-0.39, 0.29) is 25.7 Å². The van der Waals surface area contributed by atoms with Gasteiger partial charge in [0.1, 0.15) is 19.3 Å². The Bertz CT molecular complexity index is 2780. The van der Waals surface area contributed by atoms with Gasteiger partial charge in [-0.1, -0.05) is 273 Å². The Morgan fingerprint density at radius 2 is 0.528 bits per heavy atom. The van der Waals surface area contributed by atoms with Crippen LogP contribution in [-0.4, -0.2) is 96.7 Å². The summed E-state index contributed by atoms with van der Waals surface area (Å²) >= 11 is 0. The van der Waals surface area contributed by atoms with Crippen molar-refractivity contribution in [3.63, 3.8) is 0 Å². The van der Waals surface area contributed by atoms with Gasteiger partial charge in [-0.3, -0.25) is 37.3 Å². The van der Waals surface area contributed by atoms with Crippen LogP contribution in [0.5, 0.6) is 0 Å². The first-order chi connectivity index (χ1) is 51.7. The zero-order valence-electron chi connectivity index (χ0n) is 65.3. The zero-order chi connectivity index (χ0) is 77.4. The van der Waals surface area contributed by atoms with Crippen LogP contribution in [0.2, 0.25) is 0 Å². The molecule has 0 bridgehead atoms. The number of hydrogen-bond acceptors (Lipinski definition) is 15. The number of hydrogen-bond donors (Lipinski definition) is 3. The number of phosphoric acid groups is 2. The summed E-state index contributed by atoms with van der Waals surface area (Å²) in [4.78, 5) is 73.0. The number of allylic oxidation sites excluding steroid dienone is 31. The van der Waals surface area contributed by atoms with Gasteiger partial charge in [0, 0.05) is 19.3 Å². The maximum atomic E-state index is 13.1. The summed E-state index contributed by atoms with van der Waals surface area (Å²) in [5.74, 6) is -2.43. The third-order valence-corrected chi connectivity index (χ3v) is 17.5. The molecular formula is C87H138O17P2. The first kappa shape index (κ1) is 99.9. The van der Waals surface area contributed by atoms with E-state index < -0.39 is 97.5 Å². The van der Waals surface area contributed by atoms with Crippen LogP contribution in [0.15, 0.2) is 194 Å². The molecule has 598 valence electrons. The summed E-state index contributed by atoms with van der Waals surface area (Å²) in [5, 5.41) is 10.6. The summed E-state index contributed by atoms with van der Waals surface area (Å²) in [6.07, 6.45) is 94.5. The van der Waals surface area contributed by atoms with Gasteiger partial charge >= 0.3 is 39.5 Å². The maximum Gasteiger partial charge on any atom is 0.472 e. The number of carbonyl (C=O) groups is 4. The topological polar surface area (TPSA) is 237 Å². The van der Waals surface area contributed by atoms with Gasteiger partial charge < -0.3 is 33.8 Å². The summed E-state index contributed by atoms with van der Waals surface area (Å²) in [7, 11) is -10.0. The average molecular weight is 1520 g/mol. The minimum atomic E-state index is -5.02. The number of unbranched alkanes of at least 4 members (excludes halogenated alkanes) is 15. The fourth-order valence-corrected chi connectivity index (χ4v) is 11.2. The van der Waals surface area contributed by atoms with E-state index in [1.54, 1.807) is 6.08 Å². The highest BCUT2D eigenvalue weighted by molar-refractivity contribution is 7.47. The lowest BCUT2D eigenvalue weighted by molar-refractivity contribution is -0.161. The predicted molar refractivity (Wildman–Crippen MR) is 436 cm³/mol. The fourth-order valence-electron chi connectivity index (χ4n) is 9.63. The molecule has 0 aliphatic rings. The van der Waals surface area contributed by atoms with Gasteiger partial charge in [-0.15, -0.1) is 0 Å². The van der Waals surface area contributed by atoms with Crippen molar-refractivity contribution in [3.05, 3.63) is 194 Å². The van der Waals surface area contributed by atoms with Crippen molar-refractivity contribution in [1.82, 2.24) is 0 Å². The Labute approximate surface area is 640 Å². The van der Waals surface area contributed by atoms with Crippen LogP contribution in [-0.2, 0) is 65.4 Å². The van der Waals surface area contributed by atoms with E-state index in [4.69, 9.17) is 37.0 Å². The number of aliphatic hydroxyl groups excluding tert-OH is 1. The molecule has 0 radical (unpaired) electrons. The molecule has 0 aromatic carbocycles. The highest BCUT2D eigenvalue weighted by Gasteiger charge is 2.30. The van der Waals surface area contributed by atoms with Crippen molar-refractivity contribution in [2.24, 2.45) is 0 Å². The second-order valence-corrected chi connectivity index (χ2v) is 28.4. The molecule has 0 amide bonds. The standard InChI is InChI=1S/C87H138O17P2/c1-5-9-13-17-21-25-29-33-37-39-40-42-45-48-52-56-60-64-68-72-85(90)98-78-83(104-87(92)74-70-66-62-58-54-50-46-41-38-34-30-26-22-18-14-10-6-2)80-102-106(95,96)100-76-81(88)75-99-105(93,94)101-79-82(103-86(91)73-69-65-61-57-53-49-44-36-32-28-24-20-16-12-8-4)77-97-84(89)71-67-63-59-55-51-47-43-35-31-27-23-19-15-11-7-3/h10-12,14-16,21-28,33-38,40,42-44,46,50-51,53,55,57,63,67,81-83,88H,5-9,13,17-20,29-32,39,41,45,47-49,52,54,56,58-62,64-66,68-80H2,1-4H3,(H,93,94)(H,95,96)/b14-10-,15-11-,16-12-,25-21-,26-22-,27-23-,28-24-,37-33-,38-34-,42-40-,43-35-,44-36-,50-46-,55-51-,57-53-,67-63-. The van der Waals surface area contributed by atoms with Crippen molar-refractivity contribution < 1.29 is 80.2 Å². The maximum absolute atomic E-state index is 13.1. The summed E-state index contributed by atoms with van der Waals surface area (Å²) in [6.45, 7) is 4.27. The quantitative estimate of drug-likeness (QED) is 0.0169. The minimum absolute atomic E-state index is 0.0146. The van der Waals surface area contributed by atoms with Gasteiger partial charge in [0.15, 0.2) is 12.2 Å². The van der Waals surface area contributed by atoms with Crippen LogP contribution < -0.4 is 0 Å². The Morgan fingerprint density at radius 3 is 0.858 bits per heavy atom.